The zero-order chi connectivity index (χ0) is 17.3. The van der Waals surface area contributed by atoms with E-state index in [0.717, 1.165) is 22.3 Å². The molecule has 24 heavy (non-hydrogen) atoms. The minimum absolute atomic E-state index is 0.227. The lowest BCUT2D eigenvalue weighted by atomic mass is 9.94. The van der Waals surface area contributed by atoms with Gasteiger partial charge in [-0.3, -0.25) is 0 Å². The van der Waals surface area contributed by atoms with Crippen LogP contribution in [0, 0.1) is 25.2 Å². The molecule has 3 rings (SSSR count). The second-order valence-corrected chi connectivity index (χ2v) is 6.19. The number of nitrogen functional groups attached to an aromatic ring is 1. The third-order valence-corrected chi connectivity index (χ3v) is 4.19. The first-order valence-corrected chi connectivity index (χ1v) is 7.91. The summed E-state index contributed by atoms with van der Waals surface area (Å²) in [7, 11) is 0. The van der Waals surface area contributed by atoms with E-state index in [1.807, 2.05) is 56.3 Å². The molecular formula is C20H16ClN3. The van der Waals surface area contributed by atoms with E-state index in [4.69, 9.17) is 17.3 Å². The Kier molecular flexibility index (Phi) is 4.24. The Balaban J connectivity index is 2.27. The van der Waals surface area contributed by atoms with Crippen LogP contribution in [0.15, 0.2) is 48.5 Å². The number of nitrogens with two attached hydrogens (primary N) is 1. The summed E-state index contributed by atoms with van der Waals surface area (Å²) in [6.45, 7) is 4.07. The van der Waals surface area contributed by atoms with Crippen LogP contribution < -0.4 is 5.73 Å². The number of aryl methyl sites for hydroxylation is 2. The van der Waals surface area contributed by atoms with Gasteiger partial charge in [0.05, 0.1) is 5.69 Å². The average Bonchev–Trinajstić information content (AvgIpc) is 2.54. The smallest absolute Gasteiger partial charge is 0.142 e. The standard InChI is InChI=1S/C20H16ClN3/c1-12-6-7-16(13(2)8-12)17-10-19(24-20(23)18(17)11-22)14-4-3-5-15(21)9-14/h3-10H,1-2H3,(H2,23,24). The first-order valence-electron chi connectivity index (χ1n) is 7.54. The molecule has 3 aromatic rings. The molecule has 0 fully saturated rings. The van der Waals surface area contributed by atoms with Gasteiger partial charge in [-0.1, -0.05) is 47.5 Å². The van der Waals surface area contributed by atoms with E-state index in [9.17, 15) is 5.26 Å². The van der Waals surface area contributed by atoms with Crippen LogP contribution in [0.25, 0.3) is 22.4 Å². The highest BCUT2D eigenvalue weighted by Crippen LogP contribution is 2.33. The quantitative estimate of drug-likeness (QED) is 0.706. The van der Waals surface area contributed by atoms with E-state index in [1.54, 1.807) is 0 Å². The molecule has 0 atom stereocenters. The van der Waals surface area contributed by atoms with Crippen LogP contribution in [0.5, 0.6) is 0 Å². The summed E-state index contributed by atoms with van der Waals surface area (Å²) in [5.74, 6) is 0.227. The first-order chi connectivity index (χ1) is 11.5. The van der Waals surface area contributed by atoms with Gasteiger partial charge in [0.2, 0.25) is 0 Å². The molecule has 2 N–H and O–H groups in total. The highest BCUT2D eigenvalue weighted by molar-refractivity contribution is 6.30. The van der Waals surface area contributed by atoms with E-state index >= 15 is 0 Å². The van der Waals surface area contributed by atoms with Crippen LogP contribution in [-0.2, 0) is 0 Å². The molecule has 0 aliphatic rings. The van der Waals surface area contributed by atoms with Gasteiger partial charge in [-0.15, -0.1) is 0 Å². The number of benzene rings is 2. The summed E-state index contributed by atoms with van der Waals surface area (Å²) in [5.41, 5.74) is 12.1. The Labute approximate surface area is 146 Å². The van der Waals surface area contributed by atoms with Gasteiger partial charge >= 0.3 is 0 Å². The van der Waals surface area contributed by atoms with Gasteiger partial charge in [0, 0.05) is 16.1 Å². The molecule has 0 bridgehead atoms. The fourth-order valence-electron chi connectivity index (χ4n) is 2.81. The molecule has 1 heterocycles. The zero-order valence-electron chi connectivity index (χ0n) is 13.5. The van der Waals surface area contributed by atoms with Gasteiger partial charge in [0.15, 0.2) is 0 Å². The SMILES string of the molecule is Cc1ccc(-c2cc(-c3cccc(Cl)c3)nc(N)c2C#N)c(C)c1. The van der Waals surface area contributed by atoms with Crippen molar-refractivity contribution in [3.8, 4) is 28.5 Å². The Morgan fingerprint density at radius 3 is 2.50 bits per heavy atom. The Morgan fingerprint density at radius 2 is 1.83 bits per heavy atom. The number of halogens is 1. The normalized spacial score (nSPS) is 10.4. The lowest BCUT2D eigenvalue weighted by Crippen LogP contribution is -2.00. The maximum atomic E-state index is 9.52. The molecule has 4 heteroatoms. The van der Waals surface area contributed by atoms with Crippen LogP contribution in [0.3, 0.4) is 0 Å². The monoisotopic (exact) mass is 333 g/mol. The molecule has 0 spiro atoms. The average molecular weight is 334 g/mol. The summed E-state index contributed by atoms with van der Waals surface area (Å²) < 4.78 is 0. The van der Waals surface area contributed by atoms with E-state index in [2.05, 4.69) is 17.1 Å². The van der Waals surface area contributed by atoms with Gasteiger partial charge in [0.1, 0.15) is 17.5 Å². The summed E-state index contributed by atoms with van der Waals surface area (Å²) in [5, 5.41) is 10.2. The van der Waals surface area contributed by atoms with Crippen LogP contribution in [0.4, 0.5) is 5.82 Å². The van der Waals surface area contributed by atoms with Crippen molar-refractivity contribution >= 4 is 17.4 Å². The second-order valence-electron chi connectivity index (χ2n) is 5.76. The lowest BCUT2D eigenvalue weighted by molar-refractivity contribution is 1.30. The van der Waals surface area contributed by atoms with Crippen molar-refractivity contribution in [1.29, 1.82) is 5.26 Å². The molecule has 0 aliphatic heterocycles. The Bertz CT molecular complexity index is 971. The highest BCUT2D eigenvalue weighted by Gasteiger charge is 2.15. The number of pyridine rings is 1. The molecule has 0 saturated heterocycles. The van der Waals surface area contributed by atoms with Crippen molar-refractivity contribution in [2.24, 2.45) is 0 Å². The molecular weight excluding hydrogens is 318 g/mol. The molecule has 0 amide bonds. The van der Waals surface area contributed by atoms with Gasteiger partial charge in [-0.2, -0.15) is 5.26 Å². The molecule has 1 aromatic heterocycles. The van der Waals surface area contributed by atoms with Crippen molar-refractivity contribution in [2.75, 3.05) is 5.73 Å². The van der Waals surface area contributed by atoms with Crippen molar-refractivity contribution in [3.63, 3.8) is 0 Å². The summed E-state index contributed by atoms with van der Waals surface area (Å²) in [6.07, 6.45) is 0. The maximum absolute atomic E-state index is 9.52. The Morgan fingerprint density at radius 1 is 1.04 bits per heavy atom. The van der Waals surface area contributed by atoms with E-state index in [1.165, 1.54) is 5.56 Å². The highest BCUT2D eigenvalue weighted by atomic mass is 35.5. The maximum Gasteiger partial charge on any atom is 0.142 e. The number of nitriles is 1. The topological polar surface area (TPSA) is 62.7 Å². The van der Waals surface area contributed by atoms with Crippen molar-refractivity contribution < 1.29 is 0 Å². The van der Waals surface area contributed by atoms with Gasteiger partial charge in [0.25, 0.3) is 0 Å². The molecule has 2 aromatic carbocycles. The number of aromatic nitrogens is 1. The number of nitrogens with zero attached hydrogens (tertiary/aromatic N) is 2. The van der Waals surface area contributed by atoms with E-state index < -0.39 is 0 Å². The minimum atomic E-state index is 0.227. The predicted octanol–water partition coefficient (Wildman–Crippen LogP) is 5.14. The van der Waals surface area contributed by atoms with Gasteiger partial charge in [-0.25, -0.2) is 4.98 Å². The van der Waals surface area contributed by atoms with Gasteiger partial charge in [-0.05, 0) is 43.2 Å². The van der Waals surface area contributed by atoms with Crippen LogP contribution in [0.1, 0.15) is 16.7 Å². The van der Waals surface area contributed by atoms with Crippen LogP contribution in [0.2, 0.25) is 5.02 Å². The molecule has 118 valence electrons. The first kappa shape index (κ1) is 16.0. The summed E-state index contributed by atoms with van der Waals surface area (Å²) in [4.78, 5) is 4.39. The molecule has 0 saturated carbocycles. The van der Waals surface area contributed by atoms with E-state index in [-0.39, 0.29) is 5.82 Å². The Hall–Kier alpha value is -2.83. The lowest BCUT2D eigenvalue weighted by Gasteiger charge is -2.13. The summed E-state index contributed by atoms with van der Waals surface area (Å²) >= 11 is 6.08. The van der Waals surface area contributed by atoms with Crippen LogP contribution in [-0.4, -0.2) is 4.98 Å². The summed E-state index contributed by atoms with van der Waals surface area (Å²) in [6, 6.07) is 17.6. The molecule has 0 aliphatic carbocycles. The molecule has 0 unspecified atom stereocenters. The minimum Gasteiger partial charge on any atom is -0.383 e. The third-order valence-electron chi connectivity index (χ3n) is 3.95. The second kappa shape index (κ2) is 6.35. The van der Waals surface area contributed by atoms with Crippen molar-refractivity contribution in [3.05, 3.63) is 70.2 Å². The van der Waals surface area contributed by atoms with Gasteiger partial charge < -0.3 is 5.73 Å². The largest absolute Gasteiger partial charge is 0.383 e. The third kappa shape index (κ3) is 2.97. The fraction of sp³-hybridized carbons (Fsp3) is 0.100. The molecule has 0 radical (unpaired) electrons. The fourth-order valence-corrected chi connectivity index (χ4v) is 3.00. The van der Waals surface area contributed by atoms with Crippen molar-refractivity contribution in [1.82, 2.24) is 4.98 Å². The zero-order valence-corrected chi connectivity index (χ0v) is 14.2. The number of rotatable bonds is 2. The number of hydrogen-bond acceptors (Lipinski definition) is 3. The van der Waals surface area contributed by atoms with Crippen LogP contribution >= 0.6 is 11.6 Å². The number of anilines is 1. The number of hydrogen-bond donors (Lipinski definition) is 1. The van der Waals surface area contributed by atoms with Crippen molar-refractivity contribution in [2.45, 2.75) is 13.8 Å². The van der Waals surface area contributed by atoms with E-state index in [0.29, 0.717) is 16.3 Å². The predicted molar refractivity (Wildman–Crippen MR) is 98.7 cm³/mol. The molecule has 3 nitrogen and oxygen atoms in total.